The molecule has 0 aliphatic heterocycles. The molecule has 0 amide bonds. The predicted octanol–water partition coefficient (Wildman–Crippen LogP) is 4.18. The molecule has 0 atom stereocenters. The lowest BCUT2D eigenvalue weighted by Crippen LogP contribution is -1.99. The Kier molecular flexibility index (Phi) is 3.47. The number of phenols is 2. The first-order chi connectivity index (χ1) is 10.1. The first-order valence-electron chi connectivity index (χ1n) is 6.77. The average molecular weight is 303 g/mol. The molecule has 0 radical (unpaired) electrons. The van der Waals surface area contributed by atoms with E-state index in [1.807, 2.05) is 18.2 Å². The van der Waals surface area contributed by atoms with Crippen molar-refractivity contribution < 1.29 is 10.2 Å². The Bertz CT molecular complexity index is 791. The van der Waals surface area contributed by atoms with Gasteiger partial charge < -0.3 is 14.8 Å². The van der Waals surface area contributed by atoms with Crippen LogP contribution >= 0.6 is 11.6 Å². The number of aryl methyl sites for hydroxylation is 1. The van der Waals surface area contributed by atoms with Crippen molar-refractivity contribution in [2.75, 3.05) is 0 Å². The number of imidazole rings is 1. The van der Waals surface area contributed by atoms with Crippen LogP contribution in [0.25, 0.3) is 22.4 Å². The van der Waals surface area contributed by atoms with Crippen LogP contribution in [0, 0.1) is 0 Å². The first kappa shape index (κ1) is 13.8. The number of aromatic hydroxyl groups is 2. The van der Waals surface area contributed by atoms with Crippen molar-refractivity contribution in [1.29, 1.82) is 0 Å². The fourth-order valence-electron chi connectivity index (χ4n) is 2.50. The average Bonchev–Trinajstić information content (AvgIpc) is 2.76. The Balaban J connectivity index is 2.27. The van der Waals surface area contributed by atoms with Gasteiger partial charge in [0.15, 0.2) is 0 Å². The molecule has 0 bridgehead atoms. The predicted molar refractivity (Wildman–Crippen MR) is 83.8 cm³/mol. The fourth-order valence-corrected chi connectivity index (χ4v) is 2.66. The van der Waals surface area contributed by atoms with Gasteiger partial charge in [-0.2, -0.15) is 0 Å². The second kappa shape index (κ2) is 5.30. The fraction of sp³-hybridized carbons (Fsp3) is 0.188. The summed E-state index contributed by atoms with van der Waals surface area (Å²) >= 11 is 6.02. The van der Waals surface area contributed by atoms with E-state index in [-0.39, 0.29) is 11.5 Å². The van der Waals surface area contributed by atoms with Gasteiger partial charge in [0.2, 0.25) is 0 Å². The Morgan fingerprint density at radius 3 is 2.48 bits per heavy atom. The quantitative estimate of drug-likeness (QED) is 0.763. The normalized spacial score (nSPS) is 11.1. The second-order valence-corrected chi connectivity index (χ2v) is 5.39. The van der Waals surface area contributed by atoms with Crippen molar-refractivity contribution in [3.8, 4) is 22.9 Å². The van der Waals surface area contributed by atoms with Gasteiger partial charge in [-0.15, -0.1) is 0 Å². The second-order valence-electron chi connectivity index (χ2n) is 4.96. The maximum absolute atomic E-state index is 9.68. The largest absolute Gasteiger partial charge is 0.508 e. The van der Waals surface area contributed by atoms with Crippen LogP contribution in [-0.2, 0) is 6.54 Å². The molecule has 21 heavy (non-hydrogen) atoms. The van der Waals surface area contributed by atoms with Crippen LogP contribution in [0.5, 0.6) is 11.5 Å². The van der Waals surface area contributed by atoms with Crippen LogP contribution in [-0.4, -0.2) is 19.8 Å². The minimum Gasteiger partial charge on any atom is -0.508 e. The number of rotatable bonds is 3. The molecule has 0 aliphatic carbocycles. The highest BCUT2D eigenvalue weighted by atomic mass is 35.5. The van der Waals surface area contributed by atoms with Gasteiger partial charge in [0.25, 0.3) is 0 Å². The number of hydrogen-bond acceptors (Lipinski definition) is 3. The molecule has 0 fully saturated rings. The number of fused-ring (bicyclic) bond motifs is 1. The van der Waals surface area contributed by atoms with Crippen LogP contribution in [0.4, 0.5) is 0 Å². The molecule has 0 spiro atoms. The van der Waals surface area contributed by atoms with Crippen LogP contribution in [0.3, 0.4) is 0 Å². The lowest BCUT2D eigenvalue weighted by molar-refractivity contribution is 0.451. The lowest BCUT2D eigenvalue weighted by Gasteiger charge is -2.08. The van der Waals surface area contributed by atoms with Gasteiger partial charge in [0.05, 0.1) is 11.0 Å². The van der Waals surface area contributed by atoms with Crippen molar-refractivity contribution in [1.82, 2.24) is 9.55 Å². The minimum absolute atomic E-state index is 0.0122. The van der Waals surface area contributed by atoms with Gasteiger partial charge in [-0.05, 0) is 36.8 Å². The van der Waals surface area contributed by atoms with Crippen LogP contribution in [0.15, 0.2) is 36.4 Å². The number of benzene rings is 2. The van der Waals surface area contributed by atoms with E-state index in [0.29, 0.717) is 16.4 Å². The van der Waals surface area contributed by atoms with Crippen LogP contribution in [0.1, 0.15) is 13.3 Å². The number of phenolic OH excluding ortho intramolecular Hbond substituents is 2. The van der Waals surface area contributed by atoms with Crippen molar-refractivity contribution in [2.45, 2.75) is 19.9 Å². The van der Waals surface area contributed by atoms with E-state index in [2.05, 4.69) is 16.5 Å². The van der Waals surface area contributed by atoms with E-state index in [1.165, 1.54) is 6.07 Å². The molecule has 4 nitrogen and oxygen atoms in total. The van der Waals surface area contributed by atoms with E-state index in [4.69, 9.17) is 11.6 Å². The maximum Gasteiger partial charge on any atom is 0.141 e. The van der Waals surface area contributed by atoms with Crippen molar-refractivity contribution >= 4 is 22.6 Å². The highest BCUT2D eigenvalue weighted by molar-refractivity contribution is 6.31. The molecule has 1 aromatic heterocycles. The monoisotopic (exact) mass is 302 g/mol. The molecule has 3 rings (SSSR count). The van der Waals surface area contributed by atoms with Crippen LogP contribution in [0.2, 0.25) is 5.02 Å². The Morgan fingerprint density at radius 2 is 1.81 bits per heavy atom. The summed E-state index contributed by atoms with van der Waals surface area (Å²) in [4.78, 5) is 4.60. The van der Waals surface area contributed by atoms with Gasteiger partial charge in [0.1, 0.15) is 17.3 Å². The Morgan fingerprint density at radius 1 is 1.10 bits per heavy atom. The van der Waals surface area contributed by atoms with E-state index >= 15 is 0 Å². The minimum atomic E-state index is 0.0122. The molecule has 0 aliphatic rings. The molecular weight excluding hydrogens is 288 g/mol. The van der Waals surface area contributed by atoms with E-state index in [0.717, 1.165) is 24.0 Å². The highest BCUT2D eigenvalue weighted by Crippen LogP contribution is 2.31. The third-order valence-corrected chi connectivity index (χ3v) is 3.55. The van der Waals surface area contributed by atoms with E-state index in [1.54, 1.807) is 12.1 Å². The first-order valence-corrected chi connectivity index (χ1v) is 7.15. The summed E-state index contributed by atoms with van der Waals surface area (Å²) in [7, 11) is 0. The molecule has 1 heterocycles. The molecule has 0 saturated carbocycles. The number of nitrogens with zero attached hydrogens (tertiary/aromatic N) is 2. The summed E-state index contributed by atoms with van der Waals surface area (Å²) in [5.74, 6) is 0.733. The van der Waals surface area contributed by atoms with Gasteiger partial charge in [-0.25, -0.2) is 4.98 Å². The standard InChI is InChI=1S/C16H15ClN2O2/c1-2-5-19-15-4-3-11(17)8-14(15)18-16(19)10-6-12(20)9-13(21)7-10/h3-4,6-9,20-21H,2,5H2,1H3. The topological polar surface area (TPSA) is 58.3 Å². The summed E-state index contributed by atoms with van der Waals surface area (Å²) in [5.41, 5.74) is 2.46. The molecule has 2 aromatic carbocycles. The zero-order chi connectivity index (χ0) is 15.0. The third-order valence-electron chi connectivity index (χ3n) is 3.32. The third kappa shape index (κ3) is 2.54. The maximum atomic E-state index is 9.68. The molecule has 2 N–H and O–H groups in total. The number of halogens is 1. The molecule has 0 unspecified atom stereocenters. The molecule has 3 aromatic rings. The lowest BCUT2D eigenvalue weighted by atomic mass is 10.2. The van der Waals surface area contributed by atoms with Gasteiger partial charge in [-0.1, -0.05) is 18.5 Å². The van der Waals surface area contributed by atoms with Gasteiger partial charge in [-0.3, -0.25) is 0 Å². The Hall–Kier alpha value is -2.20. The highest BCUT2D eigenvalue weighted by Gasteiger charge is 2.13. The number of aromatic nitrogens is 2. The van der Waals surface area contributed by atoms with E-state index < -0.39 is 0 Å². The number of hydrogen-bond donors (Lipinski definition) is 2. The summed E-state index contributed by atoms with van der Waals surface area (Å²) in [6.45, 7) is 2.88. The summed E-state index contributed by atoms with van der Waals surface area (Å²) in [6, 6.07) is 10.1. The summed E-state index contributed by atoms with van der Waals surface area (Å²) < 4.78 is 2.07. The van der Waals surface area contributed by atoms with Gasteiger partial charge in [0, 0.05) is 23.2 Å². The van der Waals surface area contributed by atoms with Gasteiger partial charge >= 0.3 is 0 Å². The molecule has 5 heteroatoms. The van der Waals surface area contributed by atoms with Crippen molar-refractivity contribution in [3.05, 3.63) is 41.4 Å². The summed E-state index contributed by atoms with van der Waals surface area (Å²) in [5, 5.41) is 20.0. The van der Waals surface area contributed by atoms with Crippen molar-refractivity contribution in [2.24, 2.45) is 0 Å². The molecular formula is C16H15ClN2O2. The smallest absolute Gasteiger partial charge is 0.141 e. The van der Waals surface area contributed by atoms with Crippen molar-refractivity contribution in [3.63, 3.8) is 0 Å². The molecule has 108 valence electrons. The van der Waals surface area contributed by atoms with Crippen LogP contribution < -0.4 is 0 Å². The zero-order valence-electron chi connectivity index (χ0n) is 11.5. The zero-order valence-corrected chi connectivity index (χ0v) is 12.3. The Labute approximate surface area is 127 Å². The van der Waals surface area contributed by atoms with E-state index in [9.17, 15) is 10.2 Å². The SMILES string of the molecule is CCCn1c(-c2cc(O)cc(O)c2)nc2cc(Cl)ccc21. The summed E-state index contributed by atoms with van der Waals surface area (Å²) in [6.07, 6.45) is 0.950. The molecule has 0 saturated heterocycles.